The molecule has 0 saturated heterocycles. The summed E-state index contributed by atoms with van der Waals surface area (Å²) >= 11 is 0.130. The van der Waals surface area contributed by atoms with Gasteiger partial charge in [0.25, 0.3) is 0 Å². The normalized spacial score (nSPS) is 11.7. The van der Waals surface area contributed by atoms with Gasteiger partial charge < -0.3 is 0 Å². The second-order valence-corrected chi connectivity index (χ2v) is 22.0. The zero-order valence-electron chi connectivity index (χ0n) is 8.22. The summed E-state index contributed by atoms with van der Waals surface area (Å²) < 4.78 is 1.63. The molecule has 0 aliphatic heterocycles. The maximum absolute atomic E-state index is 2.47. The number of aryl methyl sites for hydroxylation is 1. The van der Waals surface area contributed by atoms with Crippen LogP contribution in [0.25, 0.3) is 0 Å². The summed E-state index contributed by atoms with van der Waals surface area (Å²) in [5.41, 5.74) is 0.591. The van der Waals surface area contributed by atoms with Crippen LogP contribution < -0.4 is 3.61 Å². The van der Waals surface area contributed by atoms with Gasteiger partial charge in [-0.3, -0.25) is 0 Å². The second kappa shape index (κ2) is 3.96. The van der Waals surface area contributed by atoms with Gasteiger partial charge in [0, 0.05) is 0 Å². The Kier molecular flexibility index (Phi) is 3.40. The minimum atomic E-state index is -0.785. The second-order valence-electron chi connectivity index (χ2n) is 4.03. The van der Waals surface area contributed by atoms with Gasteiger partial charge in [-0.2, -0.15) is 0 Å². The van der Waals surface area contributed by atoms with Gasteiger partial charge in [-0.25, -0.2) is 0 Å². The number of rotatable bonds is 2. The van der Waals surface area contributed by atoms with Crippen LogP contribution in [0.1, 0.15) is 5.56 Å². The monoisotopic (exact) mass is 294 g/mol. The molecular weight excluding hydrogens is 276 g/mol. The molecule has 0 amide bonds. The van der Waals surface area contributed by atoms with Gasteiger partial charge >= 0.3 is 85.8 Å². The van der Waals surface area contributed by atoms with Gasteiger partial charge in [-0.05, 0) is 0 Å². The van der Waals surface area contributed by atoms with Gasteiger partial charge in [-0.1, -0.05) is 0 Å². The molecule has 0 aliphatic rings. The summed E-state index contributed by atoms with van der Waals surface area (Å²) in [7, 11) is 0. The van der Waals surface area contributed by atoms with Gasteiger partial charge in [0.05, 0.1) is 0 Å². The van der Waals surface area contributed by atoms with Crippen molar-refractivity contribution in [1.29, 1.82) is 0 Å². The van der Waals surface area contributed by atoms with Gasteiger partial charge in [0.2, 0.25) is 0 Å². The quantitative estimate of drug-likeness (QED) is 0.733. The van der Waals surface area contributed by atoms with Crippen molar-refractivity contribution in [3.05, 3.63) is 29.8 Å². The Balaban J connectivity index is 2.71. The Morgan fingerprint density at radius 3 is 1.92 bits per heavy atom. The minimum absolute atomic E-state index is 0.130. The molecule has 0 bridgehead atoms. The topological polar surface area (TPSA) is 0 Å². The summed E-state index contributed by atoms with van der Waals surface area (Å²) in [6.07, 6.45) is 0. The van der Waals surface area contributed by atoms with Crippen LogP contribution in [0.5, 0.6) is 0 Å². The Hall–Kier alpha value is 0.226. The molecule has 0 unspecified atom stereocenters. The molecule has 0 aliphatic carbocycles. The average molecular weight is 292 g/mol. The molecule has 0 aromatic heterocycles. The van der Waals surface area contributed by atoms with E-state index in [0.717, 1.165) is 0 Å². The molecule has 0 radical (unpaired) electrons. The fourth-order valence-corrected chi connectivity index (χ4v) is 9.41. The van der Waals surface area contributed by atoms with Gasteiger partial charge in [0.15, 0.2) is 0 Å². The van der Waals surface area contributed by atoms with Crippen molar-refractivity contribution in [2.45, 2.75) is 26.6 Å². The first-order valence-electron chi connectivity index (χ1n) is 4.23. The fourth-order valence-electron chi connectivity index (χ4n) is 0.960. The maximum atomic E-state index is 2.47. The summed E-state index contributed by atoms with van der Waals surface area (Å²) in [6, 6.07) is 9.10. The zero-order chi connectivity index (χ0) is 9.19. The summed E-state index contributed by atoms with van der Waals surface area (Å²) in [4.78, 5) is 0. The predicted octanol–water partition coefficient (Wildman–Crippen LogP) is 2.16. The van der Waals surface area contributed by atoms with Crippen molar-refractivity contribution in [3.8, 4) is 0 Å². The molecule has 1 aromatic carbocycles. The summed E-state index contributed by atoms with van der Waals surface area (Å²) in [5, 5.41) is 0. The molecule has 0 fully saturated rings. The van der Waals surface area contributed by atoms with Crippen LogP contribution in [0.15, 0.2) is 24.3 Å². The van der Waals surface area contributed by atoms with E-state index in [1.54, 1.807) is 3.61 Å². The molecule has 1 aromatic rings. The van der Waals surface area contributed by atoms with E-state index in [9.17, 15) is 0 Å². The standard InChI is InChI=1S/C10H16SiTe/c1-9-5-7-10(8-6-9)12-11(2,3)4/h5-8H,1-4H3. The number of hydrogen-bond acceptors (Lipinski definition) is 0. The Morgan fingerprint density at radius 2 is 1.50 bits per heavy atom. The molecule has 0 nitrogen and oxygen atoms in total. The first kappa shape index (κ1) is 10.3. The van der Waals surface area contributed by atoms with Crippen molar-refractivity contribution in [2.75, 3.05) is 0 Å². The van der Waals surface area contributed by atoms with Crippen LogP contribution in [0.2, 0.25) is 19.6 Å². The Bertz CT molecular complexity index is 246. The van der Waals surface area contributed by atoms with Crippen molar-refractivity contribution in [2.24, 2.45) is 0 Å². The SMILES string of the molecule is Cc1ccc([Te][Si](C)(C)C)cc1. The van der Waals surface area contributed by atoms with E-state index in [0.29, 0.717) is 0 Å². The molecule has 12 heavy (non-hydrogen) atoms. The van der Waals surface area contributed by atoms with Crippen LogP contribution in [0, 0.1) is 6.92 Å². The van der Waals surface area contributed by atoms with Crippen molar-refractivity contribution in [1.82, 2.24) is 0 Å². The first-order chi connectivity index (χ1) is 5.47. The first-order valence-corrected chi connectivity index (χ1v) is 12.3. The third kappa shape index (κ3) is 3.75. The van der Waals surface area contributed by atoms with Crippen molar-refractivity contribution in [3.63, 3.8) is 0 Å². The van der Waals surface area contributed by atoms with E-state index in [4.69, 9.17) is 0 Å². The third-order valence-electron chi connectivity index (χ3n) is 1.45. The van der Waals surface area contributed by atoms with E-state index < -0.39 is 5.62 Å². The summed E-state index contributed by atoms with van der Waals surface area (Å²) in [6.45, 7) is 9.55. The molecule has 0 N–H and O–H groups in total. The molecule has 0 atom stereocenters. The number of hydrogen-bond donors (Lipinski definition) is 0. The van der Waals surface area contributed by atoms with Crippen molar-refractivity contribution < 1.29 is 0 Å². The van der Waals surface area contributed by atoms with Gasteiger partial charge in [-0.15, -0.1) is 0 Å². The van der Waals surface area contributed by atoms with Crippen LogP contribution in [-0.2, 0) is 0 Å². The van der Waals surface area contributed by atoms with Crippen LogP contribution in [0.3, 0.4) is 0 Å². The van der Waals surface area contributed by atoms with Crippen LogP contribution >= 0.6 is 0 Å². The molecule has 0 saturated carbocycles. The molecule has 66 valence electrons. The molecule has 0 spiro atoms. The Labute approximate surface area is 85.6 Å². The van der Waals surface area contributed by atoms with E-state index in [1.807, 2.05) is 0 Å². The van der Waals surface area contributed by atoms with E-state index in [1.165, 1.54) is 5.56 Å². The predicted molar refractivity (Wildman–Crippen MR) is 59.9 cm³/mol. The third-order valence-corrected chi connectivity index (χ3v) is 10.3. The van der Waals surface area contributed by atoms with E-state index >= 15 is 0 Å². The molecular formula is C10H16SiTe. The average Bonchev–Trinajstić information content (AvgIpc) is 1.91. The van der Waals surface area contributed by atoms with Crippen LogP contribution in [0.4, 0.5) is 0 Å². The van der Waals surface area contributed by atoms with Crippen molar-refractivity contribution >= 4 is 29.4 Å². The number of benzene rings is 1. The van der Waals surface area contributed by atoms with E-state index in [-0.39, 0.29) is 20.1 Å². The zero-order valence-corrected chi connectivity index (χ0v) is 11.5. The fraction of sp³-hybridized carbons (Fsp3) is 0.400. The molecule has 2 heteroatoms. The molecule has 1 rings (SSSR count). The Morgan fingerprint density at radius 1 is 1.00 bits per heavy atom. The summed E-state index contributed by atoms with van der Waals surface area (Å²) in [5.74, 6) is 0. The molecule has 0 heterocycles. The van der Waals surface area contributed by atoms with Crippen LogP contribution in [-0.4, -0.2) is 25.8 Å². The van der Waals surface area contributed by atoms with E-state index in [2.05, 4.69) is 50.8 Å². The van der Waals surface area contributed by atoms with Gasteiger partial charge in [0.1, 0.15) is 0 Å².